The maximum Gasteiger partial charge on any atom is 0.321 e. The smallest absolute Gasteiger partial charge is 0.321 e. The number of rotatable bonds is 8. The molecule has 0 fully saturated rings. The zero-order chi connectivity index (χ0) is 17.4. The van der Waals surface area contributed by atoms with E-state index in [0.29, 0.717) is 0 Å². The highest BCUT2D eigenvalue weighted by Gasteiger charge is 2.16. The van der Waals surface area contributed by atoms with Crippen LogP contribution in [-0.4, -0.2) is 20.9 Å². The Morgan fingerprint density at radius 3 is 2.29 bits per heavy atom. The molecule has 0 bridgehead atoms. The summed E-state index contributed by atoms with van der Waals surface area (Å²) in [5, 5.41) is 0. The number of hydrogen-bond acceptors (Lipinski definition) is 4. The second-order valence-electron chi connectivity index (χ2n) is 5.36. The summed E-state index contributed by atoms with van der Waals surface area (Å²) in [6, 6.07) is 15.9. The summed E-state index contributed by atoms with van der Waals surface area (Å²) in [5.41, 5.74) is 1.93. The Bertz CT molecular complexity index is 755. The molecule has 0 spiro atoms. The number of carbonyl (C=O) groups excluding carboxylic acids is 1. The predicted octanol–water partition coefficient (Wildman–Crippen LogP) is 2.66. The van der Waals surface area contributed by atoms with Gasteiger partial charge in [0.2, 0.25) is 10.0 Å². The van der Waals surface area contributed by atoms with Crippen molar-refractivity contribution in [3.63, 3.8) is 0 Å². The molecule has 0 aromatic heterocycles. The topological polar surface area (TPSA) is 72.5 Å². The van der Waals surface area contributed by atoms with E-state index in [1.165, 1.54) is 0 Å². The van der Waals surface area contributed by atoms with Gasteiger partial charge in [0.25, 0.3) is 0 Å². The van der Waals surface area contributed by atoms with E-state index in [-0.39, 0.29) is 11.5 Å². The fourth-order valence-corrected chi connectivity index (χ4v) is 3.12. The molecule has 0 heterocycles. The van der Waals surface area contributed by atoms with Gasteiger partial charge in [0, 0.05) is 0 Å². The van der Waals surface area contributed by atoms with Crippen LogP contribution in [0.1, 0.15) is 24.5 Å². The molecule has 128 valence electrons. The Labute approximate surface area is 142 Å². The lowest BCUT2D eigenvalue weighted by molar-refractivity contribution is -0.143. The molecule has 0 aliphatic carbocycles. The van der Waals surface area contributed by atoms with Gasteiger partial charge in [-0.3, -0.25) is 4.79 Å². The SMILES string of the molecule is CCCc1ccc(S(=O)(=O)NCC(=O)OCc2ccccc2)cc1. The van der Waals surface area contributed by atoms with Gasteiger partial charge in [-0.05, 0) is 29.7 Å². The van der Waals surface area contributed by atoms with E-state index < -0.39 is 22.5 Å². The first-order chi connectivity index (χ1) is 11.5. The van der Waals surface area contributed by atoms with Crippen molar-refractivity contribution >= 4 is 16.0 Å². The molecule has 0 unspecified atom stereocenters. The molecule has 2 aromatic rings. The van der Waals surface area contributed by atoms with Crippen molar-refractivity contribution in [1.29, 1.82) is 0 Å². The van der Waals surface area contributed by atoms with Crippen molar-refractivity contribution in [3.8, 4) is 0 Å². The van der Waals surface area contributed by atoms with Crippen LogP contribution in [0.25, 0.3) is 0 Å². The second-order valence-corrected chi connectivity index (χ2v) is 7.13. The van der Waals surface area contributed by atoms with Gasteiger partial charge in [-0.2, -0.15) is 4.72 Å². The van der Waals surface area contributed by atoms with Gasteiger partial charge < -0.3 is 4.74 Å². The molecule has 24 heavy (non-hydrogen) atoms. The van der Waals surface area contributed by atoms with Crippen LogP contribution >= 0.6 is 0 Å². The number of benzene rings is 2. The van der Waals surface area contributed by atoms with E-state index in [9.17, 15) is 13.2 Å². The Balaban J connectivity index is 1.86. The first kappa shape index (κ1) is 18.2. The molecule has 0 saturated carbocycles. The number of sulfonamides is 1. The van der Waals surface area contributed by atoms with Crippen LogP contribution < -0.4 is 4.72 Å². The van der Waals surface area contributed by atoms with Crippen LogP contribution in [0.4, 0.5) is 0 Å². The molecule has 2 aromatic carbocycles. The molecule has 0 aliphatic heterocycles. The number of aryl methyl sites for hydroxylation is 1. The third-order valence-corrected chi connectivity index (χ3v) is 4.84. The number of carbonyl (C=O) groups is 1. The second kappa shape index (κ2) is 8.61. The number of nitrogens with one attached hydrogen (secondary N) is 1. The van der Waals surface area contributed by atoms with Gasteiger partial charge in [-0.25, -0.2) is 8.42 Å². The first-order valence-electron chi connectivity index (χ1n) is 7.79. The molecule has 1 N–H and O–H groups in total. The van der Waals surface area contributed by atoms with Crippen LogP contribution in [0.5, 0.6) is 0 Å². The Kier molecular flexibility index (Phi) is 6.52. The highest BCUT2D eigenvalue weighted by Crippen LogP contribution is 2.11. The molecule has 5 nitrogen and oxygen atoms in total. The Morgan fingerprint density at radius 1 is 1.00 bits per heavy atom. The number of esters is 1. The summed E-state index contributed by atoms with van der Waals surface area (Å²) >= 11 is 0. The highest BCUT2D eigenvalue weighted by molar-refractivity contribution is 7.89. The molecular formula is C18H21NO4S. The minimum absolute atomic E-state index is 0.118. The van der Waals surface area contributed by atoms with Gasteiger partial charge in [-0.1, -0.05) is 55.8 Å². The molecule has 2 rings (SSSR count). The summed E-state index contributed by atoms with van der Waals surface area (Å²) in [7, 11) is -3.72. The van der Waals surface area contributed by atoms with Crippen molar-refractivity contribution < 1.29 is 17.9 Å². The molecule has 0 radical (unpaired) electrons. The average Bonchev–Trinajstić information content (AvgIpc) is 2.60. The standard InChI is InChI=1S/C18H21NO4S/c1-2-6-15-9-11-17(12-10-15)24(21,22)19-13-18(20)23-14-16-7-4-3-5-8-16/h3-5,7-12,19H,2,6,13-14H2,1H3. The molecular weight excluding hydrogens is 326 g/mol. The van der Waals surface area contributed by atoms with E-state index in [1.807, 2.05) is 30.3 Å². The lowest BCUT2D eigenvalue weighted by Gasteiger charge is -2.08. The van der Waals surface area contributed by atoms with Crippen LogP contribution in [0.3, 0.4) is 0 Å². The van der Waals surface area contributed by atoms with Gasteiger partial charge in [-0.15, -0.1) is 0 Å². The van der Waals surface area contributed by atoms with Gasteiger partial charge >= 0.3 is 5.97 Å². The zero-order valence-corrected chi connectivity index (χ0v) is 14.4. The van der Waals surface area contributed by atoms with Crippen molar-refractivity contribution in [1.82, 2.24) is 4.72 Å². The third-order valence-electron chi connectivity index (χ3n) is 3.42. The maximum atomic E-state index is 12.2. The molecule has 0 atom stereocenters. The van der Waals surface area contributed by atoms with Crippen molar-refractivity contribution in [2.24, 2.45) is 0 Å². The van der Waals surface area contributed by atoms with Crippen molar-refractivity contribution in [3.05, 3.63) is 65.7 Å². The van der Waals surface area contributed by atoms with E-state index in [0.717, 1.165) is 24.0 Å². The summed E-state index contributed by atoms with van der Waals surface area (Å²) in [4.78, 5) is 11.8. The average molecular weight is 347 g/mol. The fraction of sp³-hybridized carbons (Fsp3) is 0.278. The molecule has 0 saturated heterocycles. The van der Waals surface area contributed by atoms with Gasteiger partial charge in [0.15, 0.2) is 0 Å². The van der Waals surface area contributed by atoms with E-state index in [2.05, 4.69) is 11.6 Å². The number of ether oxygens (including phenoxy) is 1. The Hall–Kier alpha value is -2.18. The van der Waals surface area contributed by atoms with Gasteiger partial charge in [0.05, 0.1) is 4.90 Å². The molecule has 6 heteroatoms. The van der Waals surface area contributed by atoms with Crippen LogP contribution in [0.2, 0.25) is 0 Å². The van der Waals surface area contributed by atoms with Crippen LogP contribution in [-0.2, 0) is 32.6 Å². The maximum absolute atomic E-state index is 12.2. The highest BCUT2D eigenvalue weighted by atomic mass is 32.2. The minimum Gasteiger partial charge on any atom is -0.460 e. The predicted molar refractivity (Wildman–Crippen MR) is 91.9 cm³/mol. The lowest BCUT2D eigenvalue weighted by Crippen LogP contribution is -2.30. The van der Waals surface area contributed by atoms with Crippen LogP contribution in [0, 0.1) is 0 Å². The van der Waals surface area contributed by atoms with E-state index >= 15 is 0 Å². The van der Waals surface area contributed by atoms with E-state index in [1.54, 1.807) is 24.3 Å². The molecule has 0 aliphatic rings. The molecule has 0 amide bonds. The van der Waals surface area contributed by atoms with E-state index in [4.69, 9.17) is 4.74 Å². The minimum atomic E-state index is -3.72. The summed E-state index contributed by atoms with van der Waals surface area (Å²) < 4.78 is 31.6. The van der Waals surface area contributed by atoms with Crippen molar-refractivity contribution in [2.75, 3.05) is 6.54 Å². The number of hydrogen-bond donors (Lipinski definition) is 1. The summed E-state index contributed by atoms with van der Waals surface area (Å²) in [5.74, 6) is -0.620. The quantitative estimate of drug-likeness (QED) is 0.745. The monoisotopic (exact) mass is 347 g/mol. The first-order valence-corrected chi connectivity index (χ1v) is 9.28. The zero-order valence-electron chi connectivity index (χ0n) is 13.6. The largest absolute Gasteiger partial charge is 0.460 e. The Morgan fingerprint density at radius 2 is 1.67 bits per heavy atom. The van der Waals surface area contributed by atoms with Crippen LogP contribution in [0.15, 0.2) is 59.5 Å². The van der Waals surface area contributed by atoms with Gasteiger partial charge in [0.1, 0.15) is 13.2 Å². The fourth-order valence-electron chi connectivity index (χ4n) is 2.15. The normalized spacial score (nSPS) is 11.2. The third kappa shape index (κ3) is 5.47. The lowest BCUT2D eigenvalue weighted by atomic mass is 10.1. The van der Waals surface area contributed by atoms with Crippen molar-refractivity contribution in [2.45, 2.75) is 31.3 Å². The summed E-state index contributed by atoms with van der Waals surface area (Å²) in [6.45, 7) is 1.78. The summed E-state index contributed by atoms with van der Waals surface area (Å²) in [6.07, 6.45) is 1.90.